The third-order valence-electron chi connectivity index (χ3n) is 4.69. The van der Waals surface area contributed by atoms with Gasteiger partial charge in [-0.25, -0.2) is 4.98 Å². The minimum absolute atomic E-state index is 0.0862. The molecule has 2 aromatic carbocycles. The summed E-state index contributed by atoms with van der Waals surface area (Å²) in [6.45, 7) is 8.45. The van der Waals surface area contributed by atoms with Crippen molar-refractivity contribution in [1.82, 2.24) is 19.8 Å². The van der Waals surface area contributed by atoms with E-state index < -0.39 is 0 Å². The molecule has 0 bridgehead atoms. The Morgan fingerprint density at radius 1 is 1.04 bits per heavy atom. The van der Waals surface area contributed by atoms with E-state index in [4.69, 9.17) is 11.6 Å². The second-order valence-electron chi connectivity index (χ2n) is 8.08. The normalized spacial score (nSPS) is 12.0. The highest BCUT2D eigenvalue weighted by molar-refractivity contribution is 6.34. The van der Waals surface area contributed by atoms with Crippen molar-refractivity contribution in [3.05, 3.63) is 75.9 Å². The first-order valence-electron chi connectivity index (χ1n) is 9.11. The van der Waals surface area contributed by atoms with Crippen LogP contribution in [0, 0.1) is 6.92 Å². The highest BCUT2D eigenvalue weighted by Gasteiger charge is 2.24. The van der Waals surface area contributed by atoms with Gasteiger partial charge in [-0.3, -0.25) is 5.10 Å². The number of aromatic nitrogens is 4. The summed E-state index contributed by atoms with van der Waals surface area (Å²) in [5, 5.41) is 8.46. The zero-order valence-corrected chi connectivity index (χ0v) is 16.8. The number of hydrogen-bond donors (Lipinski definition) is 1. The van der Waals surface area contributed by atoms with Crippen LogP contribution in [0.25, 0.3) is 17.0 Å². The van der Waals surface area contributed by atoms with Crippen LogP contribution in [-0.4, -0.2) is 19.8 Å². The average Bonchev–Trinajstić information content (AvgIpc) is 3.15. The molecule has 0 radical (unpaired) electrons. The molecule has 0 spiro atoms. The predicted octanol–water partition coefficient (Wildman–Crippen LogP) is 5.57. The summed E-state index contributed by atoms with van der Waals surface area (Å²) in [7, 11) is 0. The van der Waals surface area contributed by atoms with Gasteiger partial charge in [-0.15, -0.1) is 5.10 Å². The molecule has 2 aromatic heterocycles. The van der Waals surface area contributed by atoms with Crippen molar-refractivity contribution in [2.75, 3.05) is 0 Å². The number of halogens is 1. The maximum Gasteiger partial charge on any atom is 0.194 e. The van der Waals surface area contributed by atoms with Crippen LogP contribution in [0.2, 0.25) is 5.02 Å². The summed E-state index contributed by atoms with van der Waals surface area (Å²) < 4.78 is 1.67. The van der Waals surface area contributed by atoms with E-state index in [1.54, 1.807) is 4.63 Å². The molecule has 0 saturated carbocycles. The van der Waals surface area contributed by atoms with Crippen molar-refractivity contribution < 1.29 is 0 Å². The topological polar surface area (TPSA) is 46.0 Å². The van der Waals surface area contributed by atoms with Crippen molar-refractivity contribution >= 4 is 17.2 Å². The van der Waals surface area contributed by atoms with Crippen LogP contribution in [0.3, 0.4) is 0 Å². The zero-order chi connectivity index (χ0) is 19.2. The van der Waals surface area contributed by atoms with E-state index in [-0.39, 0.29) is 5.41 Å². The van der Waals surface area contributed by atoms with Gasteiger partial charge in [0.1, 0.15) is 5.02 Å². The molecule has 4 aromatic rings. The van der Waals surface area contributed by atoms with Crippen molar-refractivity contribution in [3.8, 4) is 11.4 Å². The molecule has 4 nitrogen and oxygen atoms in total. The lowest BCUT2D eigenvalue weighted by Gasteiger charge is -2.16. The maximum absolute atomic E-state index is 6.52. The van der Waals surface area contributed by atoms with Gasteiger partial charge in [0, 0.05) is 11.0 Å². The van der Waals surface area contributed by atoms with Gasteiger partial charge in [-0.2, -0.15) is 4.63 Å². The van der Waals surface area contributed by atoms with Crippen LogP contribution >= 0.6 is 11.6 Å². The number of fused-ring (bicyclic) bond motifs is 1. The molecule has 4 rings (SSSR count). The van der Waals surface area contributed by atoms with Gasteiger partial charge in [0.2, 0.25) is 0 Å². The van der Waals surface area contributed by atoms with Gasteiger partial charge >= 0.3 is 0 Å². The highest BCUT2D eigenvalue weighted by Crippen LogP contribution is 2.31. The van der Waals surface area contributed by atoms with E-state index in [1.165, 1.54) is 16.7 Å². The van der Waals surface area contributed by atoms with Crippen molar-refractivity contribution in [3.63, 3.8) is 0 Å². The largest absolute Gasteiger partial charge is 0.278 e. The summed E-state index contributed by atoms with van der Waals surface area (Å²) in [5.41, 5.74) is 6.37. The van der Waals surface area contributed by atoms with Crippen LogP contribution in [0.4, 0.5) is 0 Å². The molecule has 0 aliphatic carbocycles. The van der Waals surface area contributed by atoms with Gasteiger partial charge in [0.25, 0.3) is 0 Å². The Hall–Kier alpha value is -2.59. The van der Waals surface area contributed by atoms with Crippen molar-refractivity contribution in [2.45, 2.75) is 39.5 Å². The Morgan fingerprint density at radius 3 is 2.41 bits per heavy atom. The molecular weight excluding hydrogens is 356 g/mol. The molecule has 0 atom stereocenters. The van der Waals surface area contributed by atoms with Gasteiger partial charge in [-0.05, 0) is 24.5 Å². The first kappa shape index (κ1) is 17.8. The van der Waals surface area contributed by atoms with Gasteiger partial charge in [-0.1, -0.05) is 86.5 Å². The molecule has 27 heavy (non-hydrogen) atoms. The monoisotopic (exact) mass is 378 g/mol. The van der Waals surface area contributed by atoms with E-state index in [0.29, 0.717) is 16.5 Å². The average molecular weight is 379 g/mol. The molecular formula is C22H23ClN4. The van der Waals surface area contributed by atoms with Crippen LogP contribution in [0.15, 0.2) is 48.5 Å². The number of aryl methyl sites for hydroxylation is 1. The van der Waals surface area contributed by atoms with Crippen molar-refractivity contribution in [1.29, 1.82) is 0 Å². The molecule has 0 saturated heterocycles. The molecule has 0 fully saturated rings. The summed E-state index contributed by atoms with van der Waals surface area (Å²) >= 11 is 6.52. The molecule has 0 unspecified atom stereocenters. The Balaban J connectivity index is 1.60. The standard InChI is InChI=1S/C22H23ClN4/c1-14-6-5-7-16(12-14)13-15-8-10-17(11-9-15)20-24-21-18(23)19(22(2,3)4)25-27(21)26-20/h5-12,25H,13H2,1-4H3. The van der Waals surface area contributed by atoms with Gasteiger partial charge in [0.05, 0.1) is 5.69 Å². The van der Waals surface area contributed by atoms with E-state index in [2.05, 4.69) is 91.4 Å². The number of nitrogens with zero attached hydrogens (tertiary/aromatic N) is 3. The van der Waals surface area contributed by atoms with E-state index in [1.807, 2.05) is 0 Å². The quantitative estimate of drug-likeness (QED) is 0.506. The number of benzene rings is 2. The Bertz CT molecular complexity index is 1100. The van der Waals surface area contributed by atoms with Crippen LogP contribution in [0.5, 0.6) is 0 Å². The molecule has 5 heteroatoms. The lowest BCUT2D eigenvalue weighted by atomic mass is 9.92. The fraction of sp³-hybridized carbons (Fsp3) is 0.273. The minimum atomic E-state index is -0.0862. The summed E-state index contributed by atoms with van der Waals surface area (Å²) in [6, 6.07) is 17.0. The minimum Gasteiger partial charge on any atom is -0.278 e. The maximum atomic E-state index is 6.52. The van der Waals surface area contributed by atoms with Gasteiger partial charge in [0.15, 0.2) is 11.5 Å². The van der Waals surface area contributed by atoms with E-state index in [0.717, 1.165) is 17.7 Å². The molecule has 2 heterocycles. The van der Waals surface area contributed by atoms with Gasteiger partial charge < -0.3 is 0 Å². The lowest BCUT2D eigenvalue weighted by Crippen LogP contribution is -2.12. The first-order chi connectivity index (χ1) is 12.8. The number of rotatable bonds is 3. The fourth-order valence-corrected chi connectivity index (χ4v) is 3.70. The predicted molar refractivity (Wildman–Crippen MR) is 110 cm³/mol. The van der Waals surface area contributed by atoms with E-state index >= 15 is 0 Å². The van der Waals surface area contributed by atoms with Crippen LogP contribution in [-0.2, 0) is 11.8 Å². The summed E-state index contributed by atoms with van der Waals surface area (Å²) in [5.74, 6) is 0.672. The second-order valence-corrected chi connectivity index (χ2v) is 8.46. The second kappa shape index (κ2) is 6.54. The number of hydrogen-bond acceptors (Lipinski definition) is 2. The van der Waals surface area contributed by atoms with Crippen molar-refractivity contribution in [2.24, 2.45) is 0 Å². The first-order valence-corrected chi connectivity index (χ1v) is 9.48. The molecule has 1 N–H and O–H groups in total. The van der Waals surface area contributed by atoms with Crippen LogP contribution < -0.4 is 0 Å². The lowest BCUT2D eigenvalue weighted by molar-refractivity contribution is 0.557. The molecule has 138 valence electrons. The SMILES string of the molecule is Cc1cccc(Cc2ccc(-c3nc4c(Cl)c(C(C)(C)C)[nH]n4n3)cc2)c1. The summed E-state index contributed by atoms with van der Waals surface area (Å²) in [4.78, 5) is 4.63. The smallest absolute Gasteiger partial charge is 0.194 e. The fourth-order valence-electron chi connectivity index (χ4n) is 3.25. The van der Waals surface area contributed by atoms with E-state index in [9.17, 15) is 0 Å². The highest BCUT2D eigenvalue weighted by atomic mass is 35.5. The number of aromatic amines is 1. The molecule has 0 amide bonds. The number of nitrogens with one attached hydrogen (secondary N) is 1. The summed E-state index contributed by atoms with van der Waals surface area (Å²) in [6.07, 6.45) is 0.917. The third-order valence-corrected chi connectivity index (χ3v) is 5.05. The Kier molecular flexibility index (Phi) is 4.31. The zero-order valence-electron chi connectivity index (χ0n) is 16.0. The molecule has 0 aliphatic heterocycles. The Labute approximate surface area is 164 Å². The number of H-pyrrole nitrogens is 1. The molecule has 0 aliphatic rings. The van der Waals surface area contributed by atoms with Crippen LogP contribution in [0.1, 0.15) is 43.2 Å². The third kappa shape index (κ3) is 3.50. The Morgan fingerprint density at radius 2 is 1.78 bits per heavy atom.